The Kier molecular flexibility index (Phi) is 7.35. The van der Waals surface area contributed by atoms with Gasteiger partial charge in [0, 0.05) is 6.42 Å². The molecule has 26 heavy (non-hydrogen) atoms. The number of nitrogens with one attached hydrogen (secondary N) is 3. The van der Waals surface area contributed by atoms with E-state index in [1.165, 1.54) is 6.92 Å². The van der Waals surface area contributed by atoms with Crippen LogP contribution in [0.1, 0.15) is 49.4 Å². The van der Waals surface area contributed by atoms with Crippen LogP contribution < -0.4 is 15.6 Å². The number of sulfonamides is 1. The minimum Gasteiger partial charge on any atom is -0.273 e. The number of carbonyl (C=O) groups excluding carboxylic acids is 2. The normalized spacial score (nSPS) is 12.8. The lowest BCUT2D eigenvalue weighted by Gasteiger charge is -2.19. The van der Waals surface area contributed by atoms with Crippen LogP contribution in [0.2, 0.25) is 0 Å². The fourth-order valence-electron chi connectivity index (χ4n) is 2.59. The third-order valence-electron chi connectivity index (χ3n) is 4.21. The van der Waals surface area contributed by atoms with Crippen molar-refractivity contribution in [1.29, 1.82) is 0 Å². The van der Waals surface area contributed by atoms with E-state index < -0.39 is 22.0 Å². The van der Waals surface area contributed by atoms with E-state index in [2.05, 4.69) is 15.6 Å². The fraction of sp³-hybridized carbons (Fsp3) is 0.556. The lowest BCUT2D eigenvalue weighted by Crippen LogP contribution is -2.51. The highest BCUT2D eigenvalue weighted by atomic mass is 32.2. The van der Waals surface area contributed by atoms with Crippen LogP contribution in [0.15, 0.2) is 11.0 Å². The van der Waals surface area contributed by atoms with Gasteiger partial charge in [-0.05, 0) is 62.8 Å². The second-order valence-electron chi connectivity index (χ2n) is 7.07. The summed E-state index contributed by atoms with van der Waals surface area (Å²) in [7, 11) is -3.89. The van der Waals surface area contributed by atoms with Gasteiger partial charge in [0.25, 0.3) is 5.91 Å². The van der Waals surface area contributed by atoms with Gasteiger partial charge in [0.15, 0.2) is 0 Å². The van der Waals surface area contributed by atoms with Crippen molar-refractivity contribution in [2.45, 2.75) is 65.8 Å². The topological polar surface area (TPSA) is 104 Å². The molecule has 0 aliphatic rings. The second-order valence-corrected chi connectivity index (χ2v) is 8.72. The van der Waals surface area contributed by atoms with Crippen molar-refractivity contribution in [3.63, 3.8) is 0 Å². The first-order valence-corrected chi connectivity index (χ1v) is 10.0. The van der Waals surface area contributed by atoms with E-state index in [4.69, 9.17) is 0 Å². The van der Waals surface area contributed by atoms with Crippen molar-refractivity contribution in [2.75, 3.05) is 0 Å². The zero-order valence-electron chi connectivity index (χ0n) is 16.5. The van der Waals surface area contributed by atoms with Crippen LogP contribution in [0.4, 0.5) is 0 Å². The van der Waals surface area contributed by atoms with Crippen molar-refractivity contribution in [3.8, 4) is 0 Å². The van der Waals surface area contributed by atoms with Crippen LogP contribution in [-0.4, -0.2) is 26.3 Å². The van der Waals surface area contributed by atoms with Crippen LogP contribution in [0.25, 0.3) is 0 Å². The number of amides is 2. The number of hydrogen-bond acceptors (Lipinski definition) is 4. The van der Waals surface area contributed by atoms with Gasteiger partial charge in [-0.15, -0.1) is 0 Å². The van der Waals surface area contributed by atoms with Gasteiger partial charge in [-0.25, -0.2) is 8.42 Å². The molecule has 0 aliphatic heterocycles. The molecule has 0 spiro atoms. The molecule has 0 radical (unpaired) electrons. The van der Waals surface area contributed by atoms with Crippen LogP contribution >= 0.6 is 0 Å². The van der Waals surface area contributed by atoms with Gasteiger partial charge < -0.3 is 0 Å². The quantitative estimate of drug-likeness (QED) is 0.651. The highest BCUT2D eigenvalue weighted by Crippen LogP contribution is 2.26. The average Bonchev–Trinajstić information content (AvgIpc) is 2.49. The molecule has 0 fully saturated rings. The van der Waals surface area contributed by atoms with Crippen LogP contribution in [0, 0.1) is 33.6 Å². The molecule has 0 bridgehead atoms. The van der Waals surface area contributed by atoms with E-state index in [-0.39, 0.29) is 23.1 Å². The summed E-state index contributed by atoms with van der Waals surface area (Å²) in [6.07, 6.45) is 0.265. The number of hydrazine groups is 1. The Morgan fingerprint density at radius 1 is 0.962 bits per heavy atom. The third kappa shape index (κ3) is 5.54. The highest BCUT2D eigenvalue weighted by molar-refractivity contribution is 7.89. The largest absolute Gasteiger partial charge is 0.273 e. The van der Waals surface area contributed by atoms with E-state index in [0.717, 1.165) is 11.1 Å². The lowest BCUT2D eigenvalue weighted by molar-refractivity contribution is -0.129. The molecule has 0 heterocycles. The van der Waals surface area contributed by atoms with Crippen LogP contribution in [0.5, 0.6) is 0 Å². The molecule has 2 amide bonds. The first-order valence-electron chi connectivity index (χ1n) is 8.55. The Bertz CT molecular complexity index is 775. The van der Waals surface area contributed by atoms with E-state index in [9.17, 15) is 18.0 Å². The molecule has 0 saturated carbocycles. The highest BCUT2D eigenvalue weighted by Gasteiger charge is 2.26. The minimum atomic E-state index is -3.89. The van der Waals surface area contributed by atoms with Crippen molar-refractivity contribution in [2.24, 2.45) is 5.92 Å². The summed E-state index contributed by atoms with van der Waals surface area (Å²) in [4.78, 5) is 23.9. The summed E-state index contributed by atoms with van der Waals surface area (Å²) < 4.78 is 28.0. The molecule has 1 aromatic rings. The summed E-state index contributed by atoms with van der Waals surface area (Å²) in [5, 5.41) is 0. The number of benzene rings is 1. The molecule has 0 aromatic heterocycles. The summed E-state index contributed by atoms with van der Waals surface area (Å²) in [6, 6.07) is 0.892. The first-order chi connectivity index (χ1) is 11.9. The van der Waals surface area contributed by atoms with E-state index in [0.29, 0.717) is 11.1 Å². The monoisotopic (exact) mass is 383 g/mol. The summed E-state index contributed by atoms with van der Waals surface area (Å²) in [5.41, 5.74) is 7.57. The van der Waals surface area contributed by atoms with Crippen molar-refractivity contribution < 1.29 is 18.0 Å². The Morgan fingerprint density at radius 2 is 1.46 bits per heavy atom. The Morgan fingerprint density at radius 3 is 1.92 bits per heavy atom. The van der Waals surface area contributed by atoms with Gasteiger partial charge in [-0.1, -0.05) is 19.9 Å². The third-order valence-corrected chi connectivity index (χ3v) is 6.02. The van der Waals surface area contributed by atoms with Crippen LogP contribution in [0.3, 0.4) is 0 Å². The van der Waals surface area contributed by atoms with Crippen molar-refractivity contribution in [3.05, 3.63) is 28.3 Å². The fourth-order valence-corrected chi connectivity index (χ4v) is 4.41. The predicted octanol–water partition coefficient (Wildman–Crippen LogP) is 1.78. The first kappa shape index (κ1) is 22.1. The number of rotatable bonds is 6. The SMILES string of the molecule is Cc1cc(C)c(C)c(S(=O)(=O)N[C@@H](C)C(=O)NNC(=O)CC(C)C)c1C. The summed E-state index contributed by atoms with van der Waals surface area (Å²) in [5.74, 6) is -0.812. The van der Waals surface area contributed by atoms with Gasteiger partial charge in [0.1, 0.15) is 0 Å². The zero-order valence-corrected chi connectivity index (χ0v) is 17.3. The van der Waals surface area contributed by atoms with E-state index >= 15 is 0 Å². The maximum atomic E-state index is 12.8. The Labute approximate surface area is 156 Å². The molecule has 1 aromatic carbocycles. The standard InChI is InChI=1S/C18H29N3O4S/c1-10(2)8-16(22)19-20-18(23)15(7)21-26(24,25)17-13(5)11(3)9-12(4)14(17)6/h9-10,15,21H,8H2,1-7H3,(H,19,22)(H,20,23)/t15-/m0/s1. The average molecular weight is 384 g/mol. The van der Waals surface area contributed by atoms with E-state index in [1.54, 1.807) is 13.8 Å². The van der Waals surface area contributed by atoms with E-state index in [1.807, 2.05) is 33.8 Å². The predicted molar refractivity (Wildman–Crippen MR) is 101 cm³/mol. The molecule has 146 valence electrons. The maximum Gasteiger partial charge on any atom is 0.256 e. The summed E-state index contributed by atoms with van der Waals surface area (Å²) in [6.45, 7) is 12.4. The molecular weight excluding hydrogens is 354 g/mol. The molecule has 3 N–H and O–H groups in total. The molecule has 1 rings (SSSR count). The molecule has 0 aliphatic carbocycles. The number of hydrogen-bond donors (Lipinski definition) is 3. The van der Waals surface area contributed by atoms with Crippen molar-refractivity contribution >= 4 is 21.8 Å². The molecule has 0 saturated heterocycles. The molecule has 8 heteroatoms. The molecule has 7 nitrogen and oxygen atoms in total. The van der Waals surface area contributed by atoms with Gasteiger partial charge in [0.05, 0.1) is 10.9 Å². The van der Waals surface area contributed by atoms with Crippen LogP contribution in [-0.2, 0) is 19.6 Å². The van der Waals surface area contributed by atoms with Gasteiger partial charge >= 0.3 is 0 Å². The second kappa shape index (κ2) is 8.64. The molecule has 1 atom stereocenters. The summed E-state index contributed by atoms with van der Waals surface area (Å²) >= 11 is 0. The smallest absolute Gasteiger partial charge is 0.256 e. The number of carbonyl (C=O) groups is 2. The van der Waals surface area contributed by atoms with Gasteiger partial charge in [-0.3, -0.25) is 20.4 Å². The molecular formula is C18H29N3O4S. The van der Waals surface area contributed by atoms with Gasteiger partial charge in [0.2, 0.25) is 15.9 Å². The zero-order chi connectivity index (χ0) is 20.2. The Balaban J connectivity index is 2.91. The lowest BCUT2D eigenvalue weighted by atomic mass is 10.0. The maximum absolute atomic E-state index is 12.8. The number of aryl methyl sites for hydroxylation is 2. The molecule has 0 unspecified atom stereocenters. The van der Waals surface area contributed by atoms with Crippen molar-refractivity contribution in [1.82, 2.24) is 15.6 Å². The van der Waals surface area contributed by atoms with Gasteiger partial charge in [-0.2, -0.15) is 4.72 Å². The minimum absolute atomic E-state index is 0.151. The Hall–Kier alpha value is -1.93.